The van der Waals surface area contributed by atoms with E-state index in [1.165, 1.54) is 0 Å². The van der Waals surface area contributed by atoms with Crippen molar-refractivity contribution in [3.63, 3.8) is 0 Å². The minimum absolute atomic E-state index is 0.223. The molecule has 98 valence electrons. The van der Waals surface area contributed by atoms with Gasteiger partial charge in [-0.2, -0.15) is 0 Å². The topological polar surface area (TPSA) is 55.8 Å². The lowest BCUT2D eigenvalue weighted by Crippen LogP contribution is -2.32. The lowest BCUT2D eigenvalue weighted by molar-refractivity contribution is 0.00116. The van der Waals surface area contributed by atoms with E-state index < -0.39 is 5.60 Å². The fourth-order valence-electron chi connectivity index (χ4n) is 2.25. The Hall–Kier alpha value is -1.55. The maximum atomic E-state index is 10.9. The summed E-state index contributed by atoms with van der Waals surface area (Å²) >= 11 is 0. The van der Waals surface area contributed by atoms with E-state index in [1.807, 2.05) is 0 Å². The summed E-state index contributed by atoms with van der Waals surface area (Å²) in [5.74, 6) is 1.10. The molecule has 1 fully saturated rings. The number of carbonyl (C=O) groups is 1. The van der Waals surface area contributed by atoms with Gasteiger partial charge in [-0.1, -0.05) is 12.8 Å². The Morgan fingerprint density at radius 1 is 1.39 bits per heavy atom. The maximum Gasteiger partial charge on any atom is 0.153 e. The summed E-state index contributed by atoms with van der Waals surface area (Å²) in [6.45, 7) is 0.223. The van der Waals surface area contributed by atoms with Crippen LogP contribution in [0.25, 0.3) is 0 Å². The molecule has 1 aromatic carbocycles. The largest absolute Gasteiger partial charge is 0.497 e. The summed E-state index contributed by atoms with van der Waals surface area (Å²) in [6.07, 6.45) is 4.31. The first-order chi connectivity index (χ1) is 8.67. The van der Waals surface area contributed by atoms with Crippen LogP contribution in [-0.2, 0) is 0 Å². The van der Waals surface area contributed by atoms with E-state index in [1.54, 1.807) is 25.3 Å². The molecule has 0 saturated heterocycles. The second-order valence-corrected chi connectivity index (χ2v) is 4.74. The van der Waals surface area contributed by atoms with Gasteiger partial charge >= 0.3 is 0 Å². The minimum atomic E-state index is -0.747. The second-order valence-electron chi connectivity index (χ2n) is 4.74. The SMILES string of the molecule is COc1ccc(C=O)c(OCC2(O)CCCC2)c1. The Labute approximate surface area is 107 Å². The average Bonchev–Trinajstić information content (AvgIpc) is 2.83. The number of aldehydes is 1. The molecule has 1 saturated carbocycles. The van der Waals surface area contributed by atoms with Gasteiger partial charge < -0.3 is 14.6 Å². The zero-order valence-corrected chi connectivity index (χ0v) is 10.5. The number of benzene rings is 1. The van der Waals surface area contributed by atoms with Crippen LogP contribution in [0, 0.1) is 0 Å². The van der Waals surface area contributed by atoms with Gasteiger partial charge in [-0.25, -0.2) is 0 Å². The van der Waals surface area contributed by atoms with Crippen LogP contribution in [0.5, 0.6) is 11.5 Å². The summed E-state index contributed by atoms with van der Waals surface area (Å²) < 4.78 is 10.7. The molecule has 0 spiro atoms. The van der Waals surface area contributed by atoms with E-state index in [0.29, 0.717) is 17.1 Å². The molecule has 4 heteroatoms. The molecule has 1 N–H and O–H groups in total. The van der Waals surface area contributed by atoms with Crippen LogP contribution in [-0.4, -0.2) is 30.7 Å². The van der Waals surface area contributed by atoms with Crippen molar-refractivity contribution >= 4 is 6.29 Å². The quantitative estimate of drug-likeness (QED) is 0.814. The Balaban J connectivity index is 2.09. The lowest BCUT2D eigenvalue weighted by atomic mass is 10.0. The van der Waals surface area contributed by atoms with Crippen LogP contribution < -0.4 is 9.47 Å². The molecule has 0 bridgehead atoms. The summed E-state index contributed by atoms with van der Waals surface area (Å²) in [4.78, 5) is 10.9. The number of carbonyl (C=O) groups excluding carboxylic acids is 1. The van der Waals surface area contributed by atoms with Crippen molar-refractivity contribution in [2.75, 3.05) is 13.7 Å². The van der Waals surface area contributed by atoms with Crippen molar-refractivity contribution in [3.8, 4) is 11.5 Å². The molecule has 0 atom stereocenters. The first kappa shape index (κ1) is 12.9. The zero-order valence-electron chi connectivity index (χ0n) is 10.5. The first-order valence-corrected chi connectivity index (χ1v) is 6.15. The molecule has 0 aliphatic heterocycles. The molecule has 0 unspecified atom stereocenters. The fraction of sp³-hybridized carbons (Fsp3) is 0.500. The van der Waals surface area contributed by atoms with E-state index in [4.69, 9.17) is 9.47 Å². The fourth-order valence-corrected chi connectivity index (χ4v) is 2.25. The number of methoxy groups -OCH3 is 1. The normalized spacial score (nSPS) is 17.4. The third-order valence-electron chi connectivity index (χ3n) is 3.38. The van der Waals surface area contributed by atoms with Crippen LogP contribution in [0.1, 0.15) is 36.0 Å². The minimum Gasteiger partial charge on any atom is -0.497 e. The van der Waals surface area contributed by atoms with Crippen molar-refractivity contribution in [1.29, 1.82) is 0 Å². The lowest BCUT2D eigenvalue weighted by Gasteiger charge is -2.22. The van der Waals surface area contributed by atoms with E-state index in [2.05, 4.69) is 0 Å². The molecule has 4 nitrogen and oxygen atoms in total. The van der Waals surface area contributed by atoms with Crippen LogP contribution in [0.2, 0.25) is 0 Å². The monoisotopic (exact) mass is 250 g/mol. The first-order valence-electron chi connectivity index (χ1n) is 6.15. The average molecular weight is 250 g/mol. The number of aliphatic hydroxyl groups is 1. The van der Waals surface area contributed by atoms with Crippen LogP contribution in [0.15, 0.2) is 18.2 Å². The standard InChI is InChI=1S/C14H18O4/c1-17-12-5-4-11(9-15)13(8-12)18-10-14(16)6-2-3-7-14/h4-5,8-9,16H,2-3,6-7,10H2,1H3. The van der Waals surface area contributed by atoms with Gasteiger partial charge in [0.1, 0.15) is 18.1 Å². The maximum absolute atomic E-state index is 10.9. The second kappa shape index (κ2) is 5.40. The third-order valence-corrected chi connectivity index (χ3v) is 3.38. The molecule has 0 radical (unpaired) electrons. The number of ether oxygens (including phenoxy) is 2. The molecule has 18 heavy (non-hydrogen) atoms. The Bertz CT molecular complexity index is 422. The van der Waals surface area contributed by atoms with E-state index in [9.17, 15) is 9.90 Å². The van der Waals surface area contributed by atoms with Crippen molar-refractivity contribution in [3.05, 3.63) is 23.8 Å². The van der Waals surface area contributed by atoms with Crippen molar-refractivity contribution in [1.82, 2.24) is 0 Å². The summed E-state index contributed by atoms with van der Waals surface area (Å²) in [6, 6.07) is 5.03. The van der Waals surface area contributed by atoms with Gasteiger partial charge in [0, 0.05) is 6.07 Å². The highest BCUT2D eigenvalue weighted by Gasteiger charge is 2.32. The molecule has 2 rings (SSSR count). The van der Waals surface area contributed by atoms with Crippen LogP contribution >= 0.6 is 0 Å². The van der Waals surface area contributed by atoms with Crippen LogP contribution in [0.4, 0.5) is 0 Å². The van der Waals surface area contributed by atoms with Gasteiger partial charge in [0.15, 0.2) is 6.29 Å². The summed E-state index contributed by atoms with van der Waals surface area (Å²) in [5.41, 5.74) is -0.277. The highest BCUT2D eigenvalue weighted by molar-refractivity contribution is 5.79. The Morgan fingerprint density at radius 2 is 2.11 bits per heavy atom. The molecule has 0 heterocycles. The predicted molar refractivity (Wildman–Crippen MR) is 67.3 cm³/mol. The molecule has 1 aliphatic carbocycles. The molecular formula is C14H18O4. The molecule has 1 aromatic rings. The number of hydrogen-bond donors (Lipinski definition) is 1. The van der Waals surface area contributed by atoms with Gasteiger partial charge in [-0.05, 0) is 25.0 Å². The molecule has 1 aliphatic rings. The highest BCUT2D eigenvalue weighted by atomic mass is 16.5. The van der Waals surface area contributed by atoms with E-state index in [-0.39, 0.29) is 6.61 Å². The third kappa shape index (κ3) is 2.82. The molecule has 0 aromatic heterocycles. The van der Waals surface area contributed by atoms with Gasteiger partial charge in [0.05, 0.1) is 18.3 Å². The molecular weight excluding hydrogens is 232 g/mol. The van der Waals surface area contributed by atoms with Gasteiger partial charge in [-0.3, -0.25) is 4.79 Å². The van der Waals surface area contributed by atoms with Gasteiger partial charge in [0.25, 0.3) is 0 Å². The number of hydrogen-bond acceptors (Lipinski definition) is 4. The van der Waals surface area contributed by atoms with Crippen molar-refractivity contribution in [2.45, 2.75) is 31.3 Å². The smallest absolute Gasteiger partial charge is 0.153 e. The molecule has 0 amide bonds. The highest BCUT2D eigenvalue weighted by Crippen LogP contribution is 2.31. The predicted octanol–water partition coefficient (Wildman–Crippen LogP) is 2.19. The number of rotatable bonds is 5. The van der Waals surface area contributed by atoms with Crippen molar-refractivity contribution in [2.24, 2.45) is 0 Å². The van der Waals surface area contributed by atoms with Gasteiger partial charge in [-0.15, -0.1) is 0 Å². The Morgan fingerprint density at radius 3 is 2.72 bits per heavy atom. The van der Waals surface area contributed by atoms with E-state index >= 15 is 0 Å². The summed E-state index contributed by atoms with van der Waals surface area (Å²) in [5, 5.41) is 10.2. The summed E-state index contributed by atoms with van der Waals surface area (Å²) in [7, 11) is 1.56. The van der Waals surface area contributed by atoms with Crippen LogP contribution in [0.3, 0.4) is 0 Å². The van der Waals surface area contributed by atoms with Gasteiger partial charge in [0.2, 0.25) is 0 Å². The van der Waals surface area contributed by atoms with E-state index in [0.717, 1.165) is 32.0 Å². The zero-order chi connectivity index (χ0) is 13.0. The Kier molecular flexibility index (Phi) is 3.87. The van der Waals surface area contributed by atoms with Crippen molar-refractivity contribution < 1.29 is 19.4 Å².